The summed E-state index contributed by atoms with van der Waals surface area (Å²) in [7, 11) is 0. The Morgan fingerprint density at radius 1 is 1.45 bits per heavy atom. The van der Waals surface area contributed by atoms with Crippen LogP contribution < -0.4 is 0 Å². The molecule has 1 aliphatic heterocycles. The molecule has 1 amide bonds. The van der Waals surface area contributed by atoms with E-state index in [0.717, 1.165) is 0 Å². The summed E-state index contributed by atoms with van der Waals surface area (Å²) in [6.45, 7) is 0.807. The lowest BCUT2D eigenvalue weighted by atomic mass is 10.1. The van der Waals surface area contributed by atoms with Crippen molar-refractivity contribution >= 4 is 23.5 Å². The molecule has 0 radical (unpaired) electrons. The Balaban J connectivity index is 2.22. The van der Waals surface area contributed by atoms with Crippen LogP contribution in [-0.4, -0.2) is 52.8 Å². The monoisotopic (exact) mass is 299 g/mol. The largest absolute Gasteiger partial charge is 0.507 e. The second-order valence-electron chi connectivity index (χ2n) is 4.49. The molecule has 1 unspecified atom stereocenters. The maximum Gasteiger partial charge on any atom is 0.305 e. The zero-order valence-corrected chi connectivity index (χ0v) is 11.3. The number of amides is 1. The molecular formula is C13H14ClNO5. The van der Waals surface area contributed by atoms with Crippen molar-refractivity contribution in [3.05, 3.63) is 28.8 Å². The van der Waals surface area contributed by atoms with Gasteiger partial charge in [-0.2, -0.15) is 0 Å². The Labute approximate surface area is 120 Å². The second kappa shape index (κ2) is 6.11. The number of carbonyl (C=O) groups is 2. The molecular weight excluding hydrogens is 286 g/mol. The first-order valence-electron chi connectivity index (χ1n) is 6.08. The van der Waals surface area contributed by atoms with Crippen molar-refractivity contribution in [1.29, 1.82) is 0 Å². The molecule has 0 bridgehead atoms. The van der Waals surface area contributed by atoms with Crippen molar-refractivity contribution in [1.82, 2.24) is 4.90 Å². The summed E-state index contributed by atoms with van der Waals surface area (Å²) in [6.07, 6.45) is -0.194. The molecule has 7 heteroatoms. The highest BCUT2D eigenvalue weighted by Crippen LogP contribution is 2.25. The minimum atomic E-state index is -1.00. The van der Waals surface area contributed by atoms with Crippen LogP contribution in [0.1, 0.15) is 16.8 Å². The number of hydrogen-bond acceptors (Lipinski definition) is 4. The number of benzene rings is 1. The molecule has 0 spiro atoms. The van der Waals surface area contributed by atoms with Crippen LogP contribution in [0.3, 0.4) is 0 Å². The van der Waals surface area contributed by atoms with E-state index in [9.17, 15) is 14.7 Å². The highest BCUT2D eigenvalue weighted by molar-refractivity contribution is 6.30. The van der Waals surface area contributed by atoms with Crippen molar-refractivity contribution in [3.63, 3.8) is 0 Å². The van der Waals surface area contributed by atoms with E-state index >= 15 is 0 Å². The molecule has 2 N–H and O–H groups in total. The predicted molar refractivity (Wildman–Crippen MR) is 71.0 cm³/mol. The number of halogens is 1. The van der Waals surface area contributed by atoms with Crippen molar-refractivity contribution in [2.45, 2.75) is 12.5 Å². The van der Waals surface area contributed by atoms with Crippen LogP contribution in [0.5, 0.6) is 5.75 Å². The summed E-state index contributed by atoms with van der Waals surface area (Å²) in [6, 6.07) is 3.67. The molecule has 1 aliphatic rings. The van der Waals surface area contributed by atoms with Crippen LogP contribution >= 0.6 is 11.6 Å². The van der Waals surface area contributed by atoms with Gasteiger partial charge in [0.25, 0.3) is 5.91 Å². The van der Waals surface area contributed by atoms with Crippen LogP contribution in [0.4, 0.5) is 0 Å². The number of carbonyl (C=O) groups excluding carboxylic acids is 1. The van der Waals surface area contributed by atoms with E-state index in [4.69, 9.17) is 21.4 Å². The van der Waals surface area contributed by atoms with Crippen LogP contribution in [0.15, 0.2) is 18.2 Å². The third-order valence-electron chi connectivity index (χ3n) is 3.09. The maximum absolute atomic E-state index is 12.4. The van der Waals surface area contributed by atoms with Gasteiger partial charge in [0.15, 0.2) is 0 Å². The lowest BCUT2D eigenvalue weighted by molar-refractivity contribution is -0.139. The molecule has 0 aliphatic carbocycles. The highest BCUT2D eigenvalue weighted by atomic mass is 35.5. The van der Waals surface area contributed by atoms with E-state index in [0.29, 0.717) is 18.2 Å². The first kappa shape index (κ1) is 14.6. The van der Waals surface area contributed by atoms with Gasteiger partial charge in [0.2, 0.25) is 0 Å². The molecule has 108 valence electrons. The highest BCUT2D eigenvalue weighted by Gasteiger charge is 2.30. The molecule has 1 aromatic rings. The Morgan fingerprint density at radius 3 is 2.85 bits per heavy atom. The lowest BCUT2D eigenvalue weighted by Crippen LogP contribution is -2.49. The molecule has 0 aromatic heterocycles. The average molecular weight is 300 g/mol. The van der Waals surface area contributed by atoms with Gasteiger partial charge in [-0.3, -0.25) is 9.59 Å². The fourth-order valence-electron chi connectivity index (χ4n) is 2.13. The second-order valence-corrected chi connectivity index (χ2v) is 4.92. The topological polar surface area (TPSA) is 87.1 Å². The summed E-state index contributed by atoms with van der Waals surface area (Å²) < 4.78 is 5.21. The van der Waals surface area contributed by atoms with Crippen LogP contribution in [-0.2, 0) is 9.53 Å². The number of phenols is 1. The normalized spacial score (nSPS) is 18.9. The number of carboxylic acid groups (broad SMARTS) is 1. The van der Waals surface area contributed by atoms with E-state index in [1.165, 1.54) is 23.1 Å². The SMILES string of the molecule is O=C(O)CC1COCCN1C(=O)c1ccc(Cl)cc1O. The maximum atomic E-state index is 12.4. The van der Waals surface area contributed by atoms with Crippen LogP contribution in [0.2, 0.25) is 5.02 Å². The number of morpholine rings is 1. The zero-order chi connectivity index (χ0) is 14.7. The fourth-order valence-corrected chi connectivity index (χ4v) is 2.30. The molecule has 1 saturated heterocycles. The smallest absolute Gasteiger partial charge is 0.305 e. The van der Waals surface area contributed by atoms with Gasteiger partial charge in [0.1, 0.15) is 5.75 Å². The van der Waals surface area contributed by atoms with Gasteiger partial charge >= 0.3 is 5.97 Å². The number of ether oxygens (including phenoxy) is 1. The van der Waals surface area contributed by atoms with Crippen molar-refractivity contribution in [3.8, 4) is 5.75 Å². The van der Waals surface area contributed by atoms with Crippen molar-refractivity contribution in [2.75, 3.05) is 19.8 Å². The van der Waals surface area contributed by atoms with Gasteiger partial charge in [0, 0.05) is 11.6 Å². The quantitative estimate of drug-likeness (QED) is 0.880. The zero-order valence-electron chi connectivity index (χ0n) is 10.6. The van der Waals surface area contributed by atoms with E-state index < -0.39 is 17.9 Å². The summed E-state index contributed by atoms with van der Waals surface area (Å²) in [5.74, 6) is -1.64. The number of aromatic hydroxyl groups is 1. The van der Waals surface area contributed by atoms with Gasteiger partial charge in [-0.1, -0.05) is 11.6 Å². The standard InChI is InChI=1S/C13H14ClNO5/c14-8-1-2-10(11(16)5-8)13(19)15-3-4-20-7-9(15)6-12(17)18/h1-2,5,9,16H,3-4,6-7H2,(H,17,18). The number of phenolic OH excluding ortho intramolecular Hbond substituents is 1. The van der Waals surface area contributed by atoms with Gasteiger partial charge in [0.05, 0.1) is 31.2 Å². The molecule has 0 saturated carbocycles. The van der Waals surface area contributed by atoms with E-state index in [1.807, 2.05) is 0 Å². The molecule has 6 nitrogen and oxygen atoms in total. The van der Waals surface area contributed by atoms with Crippen LogP contribution in [0, 0.1) is 0 Å². The first-order valence-corrected chi connectivity index (χ1v) is 6.46. The van der Waals surface area contributed by atoms with Crippen LogP contribution in [0.25, 0.3) is 0 Å². The number of rotatable bonds is 3. The first-order chi connectivity index (χ1) is 9.49. The Hall–Kier alpha value is -1.79. The van der Waals surface area contributed by atoms with Gasteiger partial charge in [-0.15, -0.1) is 0 Å². The molecule has 1 fully saturated rings. The molecule has 1 atom stereocenters. The minimum Gasteiger partial charge on any atom is -0.507 e. The third kappa shape index (κ3) is 3.20. The number of nitrogens with zero attached hydrogens (tertiary/aromatic N) is 1. The summed E-state index contributed by atoms with van der Waals surface area (Å²) >= 11 is 5.72. The van der Waals surface area contributed by atoms with E-state index in [2.05, 4.69) is 0 Å². The van der Waals surface area contributed by atoms with Gasteiger partial charge in [-0.25, -0.2) is 0 Å². The summed E-state index contributed by atoms with van der Waals surface area (Å²) in [5.41, 5.74) is 0.103. The Morgan fingerprint density at radius 2 is 2.20 bits per heavy atom. The lowest BCUT2D eigenvalue weighted by Gasteiger charge is -2.35. The minimum absolute atomic E-state index is 0.103. The number of hydrogen-bond donors (Lipinski definition) is 2. The Kier molecular flexibility index (Phi) is 4.46. The van der Waals surface area contributed by atoms with Gasteiger partial charge in [-0.05, 0) is 18.2 Å². The number of carboxylic acids is 1. The van der Waals surface area contributed by atoms with Crippen molar-refractivity contribution < 1.29 is 24.5 Å². The molecule has 1 heterocycles. The summed E-state index contributed by atoms with van der Waals surface area (Å²) in [5, 5.41) is 19.0. The predicted octanol–water partition coefficient (Wildman–Crippen LogP) is 1.36. The Bertz CT molecular complexity index is 533. The average Bonchev–Trinajstić information content (AvgIpc) is 2.38. The van der Waals surface area contributed by atoms with Gasteiger partial charge < -0.3 is 19.8 Å². The number of aliphatic carboxylic acids is 1. The fraction of sp³-hybridized carbons (Fsp3) is 0.385. The molecule has 20 heavy (non-hydrogen) atoms. The molecule has 2 rings (SSSR count). The third-order valence-corrected chi connectivity index (χ3v) is 3.32. The van der Waals surface area contributed by atoms with Crippen molar-refractivity contribution in [2.24, 2.45) is 0 Å². The van der Waals surface area contributed by atoms with E-state index in [-0.39, 0.29) is 24.3 Å². The summed E-state index contributed by atoms with van der Waals surface area (Å²) in [4.78, 5) is 24.6. The van der Waals surface area contributed by atoms with E-state index in [1.54, 1.807) is 0 Å². The molecule has 1 aromatic carbocycles.